The molecule has 2 amide bonds. The molecule has 34 heavy (non-hydrogen) atoms. The number of benzene rings is 2. The van der Waals surface area contributed by atoms with Crippen LogP contribution in [0.3, 0.4) is 0 Å². The number of nitrogens with zero attached hydrogens (tertiary/aromatic N) is 2. The largest absolute Gasteiger partial charge is 0.350 e. The monoisotopic (exact) mass is 500 g/mol. The number of fused-ring (bicyclic) bond motifs is 1. The summed E-state index contributed by atoms with van der Waals surface area (Å²) in [6.45, 7) is 2.63. The third-order valence-corrected chi connectivity index (χ3v) is 7.50. The lowest BCUT2D eigenvalue weighted by atomic mass is 10.1. The Hall–Kier alpha value is -3.01. The fraction of sp³-hybridized carbons (Fsp3) is 0.292. The molecule has 1 aromatic heterocycles. The van der Waals surface area contributed by atoms with Gasteiger partial charge in [-0.2, -0.15) is 4.72 Å². The number of carbonyl (C=O) groups excluding carboxylic acids is 2. The van der Waals surface area contributed by atoms with E-state index in [1.807, 2.05) is 12.1 Å². The van der Waals surface area contributed by atoms with Gasteiger partial charge < -0.3 is 10.2 Å². The van der Waals surface area contributed by atoms with Crippen LogP contribution >= 0.6 is 11.6 Å². The maximum Gasteiger partial charge on any atom is 0.241 e. The fourth-order valence-corrected chi connectivity index (χ4v) is 5.35. The molecular weight excluding hydrogens is 476 g/mol. The molecule has 0 aliphatic carbocycles. The Bertz CT molecular complexity index is 1320. The lowest BCUT2D eigenvalue weighted by Gasteiger charge is -2.21. The number of sulfonamides is 1. The SMILES string of the molecule is C[C@@H](CN1CC[C@H](NS(=O)(=O)c2ccc3cc(Cl)ccc3c2)C1=O)C(=O)NCc1ccccn1. The molecule has 0 saturated carbocycles. The quantitative estimate of drug-likeness (QED) is 0.494. The predicted octanol–water partition coefficient (Wildman–Crippen LogP) is 2.72. The number of rotatable bonds is 8. The van der Waals surface area contributed by atoms with E-state index >= 15 is 0 Å². The van der Waals surface area contributed by atoms with Crippen molar-refractivity contribution in [2.24, 2.45) is 5.92 Å². The highest BCUT2D eigenvalue weighted by atomic mass is 35.5. The molecule has 1 aliphatic rings. The summed E-state index contributed by atoms with van der Waals surface area (Å²) in [5, 5.41) is 4.94. The molecule has 2 aromatic carbocycles. The van der Waals surface area contributed by atoms with Crippen LogP contribution in [0.15, 0.2) is 65.7 Å². The van der Waals surface area contributed by atoms with Gasteiger partial charge in [0, 0.05) is 24.3 Å². The molecule has 0 radical (unpaired) electrons. The molecule has 1 fully saturated rings. The van der Waals surface area contributed by atoms with E-state index in [1.165, 1.54) is 11.0 Å². The van der Waals surface area contributed by atoms with Crippen LogP contribution in [0, 0.1) is 5.92 Å². The normalized spacial score (nSPS) is 17.2. The Balaban J connectivity index is 1.35. The zero-order valence-corrected chi connectivity index (χ0v) is 20.1. The van der Waals surface area contributed by atoms with Crippen LogP contribution in [0.5, 0.6) is 0 Å². The van der Waals surface area contributed by atoms with E-state index in [2.05, 4.69) is 15.0 Å². The Morgan fingerprint density at radius 3 is 2.71 bits per heavy atom. The molecule has 178 valence electrons. The summed E-state index contributed by atoms with van der Waals surface area (Å²) in [5.74, 6) is -0.977. The topological polar surface area (TPSA) is 108 Å². The van der Waals surface area contributed by atoms with Crippen molar-refractivity contribution in [3.05, 3.63) is 71.5 Å². The average molecular weight is 501 g/mol. The maximum atomic E-state index is 12.9. The fourth-order valence-electron chi connectivity index (χ4n) is 3.91. The van der Waals surface area contributed by atoms with Gasteiger partial charge in [0.05, 0.1) is 23.1 Å². The molecule has 0 bridgehead atoms. The van der Waals surface area contributed by atoms with Gasteiger partial charge in [0.25, 0.3) is 0 Å². The van der Waals surface area contributed by atoms with Crippen molar-refractivity contribution in [2.75, 3.05) is 13.1 Å². The van der Waals surface area contributed by atoms with E-state index in [1.54, 1.807) is 49.5 Å². The maximum absolute atomic E-state index is 12.9. The summed E-state index contributed by atoms with van der Waals surface area (Å²) >= 11 is 5.99. The van der Waals surface area contributed by atoms with Gasteiger partial charge in [-0.1, -0.05) is 36.7 Å². The predicted molar refractivity (Wildman–Crippen MR) is 130 cm³/mol. The van der Waals surface area contributed by atoms with Gasteiger partial charge in [0.15, 0.2) is 0 Å². The molecule has 1 aliphatic heterocycles. The molecule has 1 saturated heterocycles. The van der Waals surface area contributed by atoms with Crippen LogP contribution < -0.4 is 10.0 Å². The van der Waals surface area contributed by atoms with Crippen molar-refractivity contribution in [2.45, 2.75) is 30.8 Å². The van der Waals surface area contributed by atoms with E-state index < -0.39 is 22.0 Å². The van der Waals surface area contributed by atoms with Crippen LogP contribution in [-0.2, 0) is 26.2 Å². The minimum Gasteiger partial charge on any atom is -0.350 e. The molecule has 2 atom stereocenters. The molecule has 8 nitrogen and oxygen atoms in total. The summed E-state index contributed by atoms with van der Waals surface area (Å²) in [6.07, 6.45) is 1.99. The average Bonchev–Trinajstić information content (AvgIpc) is 3.15. The second-order valence-corrected chi connectivity index (χ2v) is 10.5. The molecule has 4 rings (SSSR count). The number of nitrogens with one attached hydrogen (secondary N) is 2. The van der Waals surface area contributed by atoms with E-state index in [-0.39, 0.29) is 23.3 Å². The van der Waals surface area contributed by atoms with Crippen LogP contribution in [0.4, 0.5) is 0 Å². The third kappa shape index (κ3) is 5.55. The number of hydrogen-bond acceptors (Lipinski definition) is 5. The van der Waals surface area contributed by atoms with Crippen molar-refractivity contribution >= 4 is 44.2 Å². The molecular formula is C24H25ClN4O4S. The highest BCUT2D eigenvalue weighted by molar-refractivity contribution is 7.89. The van der Waals surface area contributed by atoms with Gasteiger partial charge in [0.1, 0.15) is 6.04 Å². The highest BCUT2D eigenvalue weighted by Crippen LogP contribution is 2.23. The van der Waals surface area contributed by atoms with E-state index in [0.29, 0.717) is 24.5 Å². The Morgan fingerprint density at radius 1 is 1.18 bits per heavy atom. The number of carbonyl (C=O) groups is 2. The summed E-state index contributed by atoms with van der Waals surface area (Å²) in [6, 6.07) is 14.5. The van der Waals surface area contributed by atoms with Gasteiger partial charge in [-0.25, -0.2) is 8.42 Å². The number of hydrogen-bond donors (Lipinski definition) is 2. The van der Waals surface area contributed by atoms with Gasteiger partial charge in [-0.05, 0) is 53.6 Å². The first-order chi connectivity index (χ1) is 16.2. The summed E-state index contributed by atoms with van der Waals surface area (Å²) in [5.41, 5.74) is 0.742. The van der Waals surface area contributed by atoms with Crippen molar-refractivity contribution < 1.29 is 18.0 Å². The van der Waals surface area contributed by atoms with Gasteiger partial charge >= 0.3 is 0 Å². The summed E-state index contributed by atoms with van der Waals surface area (Å²) in [4.78, 5) is 31.1. The van der Waals surface area contributed by atoms with Crippen LogP contribution in [0.2, 0.25) is 5.02 Å². The van der Waals surface area contributed by atoms with E-state index in [9.17, 15) is 18.0 Å². The number of halogens is 1. The lowest BCUT2D eigenvalue weighted by Crippen LogP contribution is -2.44. The molecule has 3 aromatic rings. The zero-order valence-electron chi connectivity index (χ0n) is 18.6. The molecule has 0 spiro atoms. The van der Waals surface area contributed by atoms with Gasteiger partial charge in [-0.3, -0.25) is 14.6 Å². The number of amides is 2. The Labute approximate surface area is 203 Å². The first-order valence-corrected chi connectivity index (χ1v) is 12.8. The minimum absolute atomic E-state index is 0.0795. The van der Waals surface area contributed by atoms with Gasteiger partial charge in [-0.15, -0.1) is 0 Å². The van der Waals surface area contributed by atoms with Crippen molar-refractivity contribution in [1.29, 1.82) is 0 Å². The van der Waals surface area contributed by atoms with Crippen LogP contribution in [0.25, 0.3) is 10.8 Å². The smallest absolute Gasteiger partial charge is 0.241 e. The van der Waals surface area contributed by atoms with Gasteiger partial charge in [0.2, 0.25) is 21.8 Å². The second kappa shape index (κ2) is 10.1. The highest BCUT2D eigenvalue weighted by Gasteiger charge is 2.36. The van der Waals surface area contributed by atoms with E-state index in [0.717, 1.165) is 16.5 Å². The summed E-state index contributed by atoms with van der Waals surface area (Å²) < 4.78 is 28.4. The minimum atomic E-state index is -3.90. The molecule has 10 heteroatoms. The summed E-state index contributed by atoms with van der Waals surface area (Å²) in [7, 11) is -3.90. The first-order valence-electron chi connectivity index (χ1n) is 10.9. The number of pyridine rings is 1. The Kier molecular flexibility index (Phi) is 7.16. The van der Waals surface area contributed by atoms with E-state index in [4.69, 9.17) is 11.6 Å². The van der Waals surface area contributed by atoms with Crippen molar-refractivity contribution in [3.63, 3.8) is 0 Å². The number of aromatic nitrogens is 1. The van der Waals surface area contributed by atoms with Crippen LogP contribution in [-0.4, -0.2) is 49.2 Å². The Morgan fingerprint density at radius 2 is 1.94 bits per heavy atom. The third-order valence-electron chi connectivity index (χ3n) is 5.79. The molecule has 2 heterocycles. The second-order valence-electron chi connectivity index (χ2n) is 8.34. The van der Waals surface area contributed by atoms with Crippen molar-refractivity contribution in [3.8, 4) is 0 Å². The lowest BCUT2D eigenvalue weighted by molar-refractivity contribution is -0.131. The standard InChI is InChI=1S/C24H25ClN4O4S/c1-16(23(30)27-14-20-4-2-3-10-26-20)15-29-11-9-22(24(29)31)28-34(32,33)21-8-6-17-12-19(25)7-5-18(17)13-21/h2-8,10,12-13,16,22,28H,9,11,14-15H2,1H3,(H,27,30)/t16-,22-/m0/s1. The number of likely N-dealkylation sites (tertiary alicyclic amines) is 1. The van der Waals surface area contributed by atoms with Crippen molar-refractivity contribution in [1.82, 2.24) is 19.9 Å². The van der Waals surface area contributed by atoms with Crippen LogP contribution in [0.1, 0.15) is 19.0 Å². The molecule has 2 N–H and O–H groups in total. The zero-order chi connectivity index (χ0) is 24.3. The molecule has 0 unspecified atom stereocenters. The first kappa shape index (κ1) is 24.1.